The predicted octanol–water partition coefficient (Wildman–Crippen LogP) is 9.39. The molecule has 0 heterocycles. The lowest BCUT2D eigenvalue weighted by Crippen LogP contribution is -2.45. The second-order valence-corrected chi connectivity index (χ2v) is 16.1. The summed E-state index contributed by atoms with van der Waals surface area (Å²) < 4.78 is 23.1. The van der Waals surface area contributed by atoms with Gasteiger partial charge in [-0.25, -0.2) is 0 Å². The Morgan fingerprint density at radius 2 is 1.15 bits per heavy atom. The van der Waals surface area contributed by atoms with Crippen LogP contribution in [0.25, 0.3) is 0 Å². The quantitative estimate of drug-likeness (QED) is 0.0297. The van der Waals surface area contributed by atoms with Crippen LogP contribution in [-0.4, -0.2) is 68.5 Å². The molecule has 3 atom stereocenters. The molecule has 0 aromatic rings. The van der Waals surface area contributed by atoms with Crippen molar-refractivity contribution < 1.29 is 32.9 Å². The first kappa shape index (κ1) is 46.2. The van der Waals surface area contributed by atoms with Gasteiger partial charge in [-0.05, 0) is 19.3 Å². The van der Waals surface area contributed by atoms with Crippen LogP contribution < -0.4 is 10.2 Å². The van der Waals surface area contributed by atoms with Crippen molar-refractivity contribution in [1.82, 2.24) is 5.32 Å². The monoisotopic (exact) mass is 689 g/mol. The molecule has 0 aliphatic carbocycles. The first-order valence-corrected chi connectivity index (χ1v) is 21.0. The molecule has 0 aliphatic heterocycles. The number of nitrogens with zero attached hydrogens (tertiary/aromatic N) is 1. The van der Waals surface area contributed by atoms with E-state index >= 15 is 0 Å². The summed E-state index contributed by atoms with van der Waals surface area (Å²) in [7, 11) is 1.26. The fraction of sp³-hybridized carbons (Fsp3) is 0.921. The molecule has 0 aromatic carbocycles. The molecule has 3 unspecified atom stereocenters. The lowest BCUT2D eigenvalue weighted by molar-refractivity contribution is -0.870. The number of phosphoric ester groups is 1. The van der Waals surface area contributed by atoms with Crippen LogP contribution >= 0.6 is 7.82 Å². The fourth-order valence-corrected chi connectivity index (χ4v) is 6.29. The van der Waals surface area contributed by atoms with Crippen LogP contribution in [0.15, 0.2) is 12.2 Å². The summed E-state index contributed by atoms with van der Waals surface area (Å²) in [5.41, 5.74) is 0. The van der Waals surface area contributed by atoms with Crippen molar-refractivity contribution in [3.8, 4) is 0 Å². The van der Waals surface area contributed by atoms with E-state index in [0.29, 0.717) is 17.4 Å². The first-order chi connectivity index (χ1) is 22.5. The Kier molecular flexibility index (Phi) is 30.7. The molecule has 0 bridgehead atoms. The SMILES string of the molecule is CCCCCCCCCCCCC/C=C/C(O)C(COP(=O)([O-])OCC[N+](C)(C)C)NC(=O)CCCCCCCCCCCCCC. The highest BCUT2D eigenvalue weighted by atomic mass is 31.2. The molecule has 0 fully saturated rings. The van der Waals surface area contributed by atoms with Gasteiger partial charge in [0, 0.05) is 6.42 Å². The second kappa shape index (κ2) is 31.2. The number of carbonyl (C=O) groups excluding carboxylic acids is 1. The maximum Gasteiger partial charge on any atom is 0.268 e. The zero-order chi connectivity index (χ0) is 35.1. The molecule has 8 nitrogen and oxygen atoms in total. The van der Waals surface area contributed by atoms with E-state index in [1.807, 2.05) is 27.2 Å². The standard InChI is InChI=1S/C38H77N2O6P/c1-6-8-10-12-14-16-18-20-21-23-25-27-29-31-37(41)36(35-46-47(43,44)45-34-33-40(3,4)5)39-38(42)32-30-28-26-24-22-19-17-15-13-11-9-7-2/h29,31,36-37,41H,6-28,30,32-35H2,1-5H3,(H-,39,42,43,44)/b31-29+. The molecule has 0 radical (unpaired) electrons. The first-order valence-electron chi connectivity index (χ1n) is 19.6. The van der Waals surface area contributed by atoms with Crippen molar-refractivity contribution >= 4 is 13.7 Å². The average molecular weight is 689 g/mol. The van der Waals surface area contributed by atoms with Crippen LogP contribution in [0.3, 0.4) is 0 Å². The number of hydrogen-bond donors (Lipinski definition) is 2. The van der Waals surface area contributed by atoms with Crippen LogP contribution in [0.5, 0.6) is 0 Å². The van der Waals surface area contributed by atoms with Crippen LogP contribution in [0, 0.1) is 0 Å². The lowest BCUT2D eigenvalue weighted by atomic mass is 10.0. The second-order valence-electron chi connectivity index (χ2n) is 14.6. The minimum absolute atomic E-state index is 0.00166. The summed E-state index contributed by atoms with van der Waals surface area (Å²) in [5, 5.41) is 13.7. The Morgan fingerprint density at radius 1 is 0.723 bits per heavy atom. The number of rotatable bonds is 35. The number of allylic oxidation sites excluding steroid dienone is 1. The van der Waals surface area contributed by atoms with Crippen LogP contribution in [0.1, 0.15) is 174 Å². The third-order valence-corrected chi connectivity index (χ3v) is 9.71. The van der Waals surface area contributed by atoms with Gasteiger partial charge in [0.2, 0.25) is 5.91 Å². The number of hydrogen-bond acceptors (Lipinski definition) is 6. The van der Waals surface area contributed by atoms with Gasteiger partial charge in [0.25, 0.3) is 7.82 Å². The van der Waals surface area contributed by atoms with Gasteiger partial charge in [0.15, 0.2) is 0 Å². The van der Waals surface area contributed by atoms with E-state index in [-0.39, 0.29) is 19.1 Å². The number of phosphoric acid groups is 1. The maximum atomic E-state index is 12.8. The number of amides is 1. The fourth-order valence-electron chi connectivity index (χ4n) is 5.56. The van der Waals surface area contributed by atoms with E-state index in [2.05, 4.69) is 19.2 Å². The molecule has 9 heteroatoms. The largest absolute Gasteiger partial charge is 0.756 e. The minimum Gasteiger partial charge on any atom is -0.756 e. The third kappa shape index (κ3) is 33.5. The predicted molar refractivity (Wildman–Crippen MR) is 196 cm³/mol. The average Bonchev–Trinajstić information content (AvgIpc) is 3.01. The van der Waals surface area contributed by atoms with Crippen LogP contribution in [0.2, 0.25) is 0 Å². The number of aliphatic hydroxyl groups excluding tert-OH is 1. The molecule has 0 rings (SSSR count). The van der Waals surface area contributed by atoms with Crippen molar-refractivity contribution in [3.05, 3.63) is 12.2 Å². The minimum atomic E-state index is -4.57. The summed E-state index contributed by atoms with van der Waals surface area (Å²) >= 11 is 0. The summed E-state index contributed by atoms with van der Waals surface area (Å²) in [4.78, 5) is 25.1. The van der Waals surface area contributed by atoms with Gasteiger partial charge in [0.1, 0.15) is 13.2 Å². The van der Waals surface area contributed by atoms with Gasteiger partial charge in [-0.15, -0.1) is 0 Å². The van der Waals surface area contributed by atoms with E-state index in [1.165, 1.54) is 116 Å². The molecule has 47 heavy (non-hydrogen) atoms. The third-order valence-electron chi connectivity index (χ3n) is 8.75. The highest BCUT2D eigenvalue weighted by Gasteiger charge is 2.23. The van der Waals surface area contributed by atoms with Crippen molar-refractivity contribution in [2.45, 2.75) is 187 Å². The van der Waals surface area contributed by atoms with Crippen LogP contribution in [-0.2, 0) is 18.4 Å². The Labute approximate surface area is 291 Å². The zero-order valence-corrected chi connectivity index (χ0v) is 32.4. The molecule has 0 aliphatic rings. The maximum absolute atomic E-state index is 12.8. The summed E-state index contributed by atoms with van der Waals surface area (Å²) in [6, 6.07) is -0.877. The van der Waals surface area contributed by atoms with Gasteiger partial charge < -0.3 is 28.8 Å². The number of aliphatic hydroxyl groups is 1. The van der Waals surface area contributed by atoms with Crippen LogP contribution in [0.4, 0.5) is 0 Å². The van der Waals surface area contributed by atoms with E-state index in [9.17, 15) is 19.4 Å². The molecular weight excluding hydrogens is 611 g/mol. The molecule has 2 N–H and O–H groups in total. The Hall–Kier alpha value is -0.760. The summed E-state index contributed by atoms with van der Waals surface area (Å²) in [5.74, 6) is -0.199. The van der Waals surface area contributed by atoms with E-state index in [4.69, 9.17) is 9.05 Å². The number of nitrogens with one attached hydrogen (secondary N) is 1. The van der Waals surface area contributed by atoms with E-state index in [0.717, 1.165) is 38.5 Å². The zero-order valence-electron chi connectivity index (χ0n) is 31.5. The molecule has 0 aromatic heterocycles. The number of unbranched alkanes of at least 4 members (excludes halogenated alkanes) is 22. The number of likely N-dealkylation sites (N-methyl/N-ethyl adjacent to an activating group) is 1. The number of carbonyl (C=O) groups is 1. The Balaban J connectivity index is 4.52. The summed E-state index contributed by atoms with van der Waals surface area (Å²) in [6.45, 7) is 4.62. The normalized spacial score (nSPS) is 14.8. The van der Waals surface area contributed by atoms with Crippen molar-refractivity contribution in [2.75, 3.05) is 40.9 Å². The van der Waals surface area contributed by atoms with Gasteiger partial charge in [-0.1, -0.05) is 161 Å². The van der Waals surface area contributed by atoms with Gasteiger partial charge in [-0.3, -0.25) is 9.36 Å². The Morgan fingerprint density at radius 3 is 1.60 bits per heavy atom. The van der Waals surface area contributed by atoms with E-state index < -0.39 is 20.0 Å². The molecule has 0 spiro atoms. The number of quaternary nitrogens is 1. The Bertz CT molecular complexity index is 789. The topological polar surface area (TPSA) is 108 Å². The highest BCUT2D eigenvalue weighted by Crippen LogP contribution is 2.38. The molecule has 280 valence electrons. The molecule has 1 amide bonds. The van der Waals surface area contributed by atoms with Crippen molar-refractivity contribution in [1.29, 1.82) is 0 Å². The van der Waals surface area contributed by atoms with Gasteiger partial charge in [-0.2, -0.15) is 0 Å². The van der Waals surface area contributed by atoms with E-state index in [1.54, 1.807) is 6.08 Å². The molecule has 0 saturated heterocycles. The van der Waals surface area contributed by atoms with Crippen molar-refractivity contribution in [3.63, 3.8) is 0 Å². The summed E-state index contributed by atoms with van der Waals surface area (Å²) in [6.07, 6.45) is 32.4. The molecule has 0 saturated carbocycles. The van der Waals surface area contributed by atoms with Crippen molar-refractivity contribution in [2.24, 2.45) is 0 Å². The smallest absolute Gasteiger partial charge is 0.268 e. The van der Waals surface area contributed by atoms with Gasteiger partial charge in [0.05, 0.1) is 39.9 Å². The molecular formula is C38H77N2O6P. The van der Waals surface area contributed by atoms with Gasteiger partial charge >= 0.3 is 0 Å². The lowest BCUT2D eigenvalue weighted by Gasteiger charge is -2.29. The highest BCUT2D eigenvalue weighted by molar-refractivity contribution is 7.45.